The van der Waals surface area contributed by atoms with Gasteiger partial charge >= 0.3 is 0 Å². The summed E-state index contributed by atoms with van der Waals surface area (Å²) in [5, 5.41) is 6.38. The number of sulfonamides is 1. The fourth-order valence-electron chi connectivity index (χ4n) is 3.50. The van der Waals surface area contributed by atoms with Gasteiger partial charge in [0.25, 0.3) is 0 Å². The largest absolute Gasteiger partial charge is 0.303 e. The third-order valence-corrected chi connectivity index (χ3v) is 6.80. The zero-order valence-corrected chi connectivity index (χ0v) is 14.6. The van der Waals surface area contributed by atoms with Gasteiger partial charge in [0.2, 0.25) is 10.0 Å². The molecule has 0 saturated carbocycles. The van der Waals surface area contributed by atoms with Crippen molar-refractivity contribution in [2.24, 2.45) is 5.14 Å². The van der Waals surface area contributed by atoms with Gasteiger partial charge in [0.05, 0.1) is 16.5 Å². The zero-order valence-electron chi connectivity index (χ0n) is 13.0. The van der Waals surface area contributed by atoms with Crippen molar-refractivity contribution in [2.45, 2.75) is 50.9 Å². The second-order valence-corrected chi connectivity index (χ2v) is 9.34. The standard InChI is InChI=1S/C15H25N3O2S2/c16-22(19,20)10-4-9-18-8-3-5-12(11-18)15-17-13-6-1-2-7-14(13)21-15/h12H,1-11H2,(H2,16,19,20)/t12-/m1/s1. The van der Waals surface area contributed by atoms with Gasteiger partial charge in [0.1, 0.15) is 0 Å². The van der Waals surface area contributed by atoms with Crippen LogP contribution < -0.4 is 5.14 Å². The van der Waals surface area contributed by atoms with Crippen molar-refractivity contribution in [3.63, 3.8) is 0 Å². The molecule has 1 fully saturated rings. The number of aryl methyl sites for hydroxylation is 2. The number of nitrogens with zero attached hydrogens (tertiary/aromatic N) is 2. The third-order valence-electron chi connectivity index (χ3n) is 4.62. The van der Waals surface area contributed by atoms with E-state index in [1.165, 1.54) is 47.7 Å². The third kappa shape index (κ3) is 4.28. The smallest absolute Gasteiger partial charge is 0.209 e. The normalized spacial score (nSPS) is 23.4. The van der Waals surface area contributed by atoms with Crippen LogP contribution in [0.25, 0.3) is 0 Å². The Morgan fingerprint density at radius 3 is 2.86 bits per heavy atom. The lowest BCUT2D eigenvalue weighted by atomic mass is 9.98. The molecule has 3 rings (SSSR count). The van der Waals surface area contributed by atoms with Crippen LogP contribution in [0.15, 0.2) is 0 Å². The van der Waals surface area contributed by atoms with Crippen LogP contribution in [-0.2, 0) is 22.9 Å². The molecule has 2 N–H and O–H groups in total. The molecule has 0 aromatic carbocycles. The number of rotatable bonds is 5. The van der Waals surface area contributed by atoms with Crippen LogP contribution in [0, 0.1) is 0 Å². The van der Waals surface area contributed by atoms with Gasteiger partial charge in [0.15, 0.2) is 0 Å². The van der Waals surface area contributed by atoms with E-state index in [0.29, 0.717) is 12.3 Å². The van der Waals surface area contributed by atoms with Gasteiger partial charge in [-0.2, -0.15) is 0 Å². The van der Waals surface area contributed by atoms with Crippen molar-refractivity contribution >= 4 is 21.4 Å². The van der Waals surface area contributed by atoms with Crippen molar-refractivity contribution < 1.29 is 8.42 Å². The van der Waals surface area contributed by atoms with Gasteiger partial charge < -0.3 is 4.90 Å². The Hall–Kier alpha value is -0.500. The van der Waals surface area contributed by atoms with E-state index in [4.69, 9.17) is 10.1 Å². The zero-order chi connectivity index (χ0) is 15.6. The maximum Gasteiger partial charge on any atom is 0.209 e. The van der Waals surface area contributed by atoms with E-state index in [-0.39, 0.29) is 5.75 Å². The molecule has 1 aliphatic heterocycles. The molecule has 2 aliphatic rings. The molecule has 1 atom stereocenters. The van der Waals surface area contributed by atoms with Crippen LogP contribution in [0.4, 0.5) is 0 Å². The quantitative estimate of drug-likeness (QED) is 0.885. The number of likely N-dealkylation sites (tertiary alicyclic amines) is 1. The second-order valence-electron chi connectivity index (χ2n) is 6.49. The molecule has 2 heterocycles. The molecule has 0 unspecified atom stereocenters. The highest BCUT2D eigenvalue weighted by Gasteiger charge is 2.25. The van der Waals surface area contributed by atoms with Crippen LogP contribution in [0.5, 0.6) is 0 Å². The lowest BCUT2D eigenvalue weighted by Crippen LogP contribution is -2.36. The van der Waals surface area contributed by atoms with Crippen LogP contribution in [0.2, 0.25) is 0 Å². The Balaban J connectivity index is 1.57. The van der Waals surface area contributed by atoms with E-state index >= 15 is 0 Å². The molecular weight excluding hydrogens is 318 g/mol. The van der Waals surface area contributed by atoms with Crippen molar-refractivity contribution in [3.8, 4) is 0 Å². The van der Waals surface area contributed by atoms with Gasteiger partial charge in [0, 0.05) is 17.3 Å². The topological polar surface area (TPSA) is 76.3 Å². The Morgan fingerprint density at radius 2 is 2.09 bits per heavy atom. The first-order valence-corrected chi connectivity index (χ1v) is 10.8. The van der Waals surface area contributed by atoms with E-state index in [1.54, 1.807) is 0 Å². The second kappa shape index (κ2) is 6.95. The summed E-state index contributed by atoms with van der Waals surface area (Å²) in [5.41, 5.74) is 1.34. The summed E-state index contributed by atoms with van der Waals surface area (Å²) in [6.45, 7) is 2.89. The molecule has 124 valence electrons. The minimum Gasteiger partial charge on any atom is -0.303 e. The maximum absolute atomic E-state index is 11.0. The molecule has 1 aromatic heterocycles. The van der Waals surface area contributed by atoms with E-state index in [1.807, 2.05) is 11.3 Å². The van der Waals surface area contributed by atoms with Crippen molar-refractivity contribution in [3.05, 3.63) is 15.6 Å². The highest BCUT2D eigenvalue weighted by Crippen LogP contribution is 2.34. The van der Waals surface area contributed by atoms with Crippen molar-refractivity contribution in [2.75, 3.05) is 25.4 Å². The number of thiazole rings is 1. The lowest BCUT2D eigenvalue weighted by molar-refractivity contribution is 0.208. The highest BCUT2D eigenvalue weighted by atomic mass is 32.2. The summed E-state index contributed by atoms with van der Waals surface area (Å²) in [7, 11) is -3.33. The molecule has 0 radical (unpaired) electrons. The molecule has 0 spiro atoms. The first-order valence-electron chi connectivity index (χ1n) is 8.22. The number of hydrogen-bond donors (Lipinski definition) is 1. The van der Waals surface area contributed by atoms with E-state index in [2.05, 4.69) is 4.90 Å². The minimum atomic E-state index is -3.33. The summed E-state index contributed by atoms with van der Waals surface area (Å²) in [5.74, 6) is 0.610. The average molecular weight is 344 g/mol. The van der Waals surface area contributed by atoms with Crippen molar-refractivity contribution in [1.82, 2.24) is 9.88 Å². The summed E-state index contributed by atoms with van der Waals surface area (Å²) >= 11 is 1.92. The van der Waals surface area contributed by atoms with Gasteiger partial charge in [-0.25, -0.2) is 18.5 Å². The highest BCUT2D eigenvalue weighted by molar-refractivity contribution is 7.89. The molecule has 22 heavy (non-hydrogen) atoms. The fraction of sp³-hybridized carbons (Fsp3) is 0.800. The maximum atomic E-state index is 11.0. The van der Waals surface area contributed by atoms with E-state index < -0.39 is 10.0 Å². The molecule has 0 amide bonds. The first-order chi connectivity index (χ1) is 10.5. The Bertz CT molecular complexity index is 589. The number of nitrogens with two attached hydrogens (primary N) is 1. The Kier molecular flexibility index (Phi) is 5.17. The van der Waals surface area contributed by atoms with E-state index in [0.717, 1.165) is 26.1 Å². The minimum absolute atomic E-state index is 0.0831. The summed E-state index contributed by atoms with van der Waals surface area (Å²) < 4.78 is 22.0. The lowest BCUT2D eigenvalue weighted by Gasteiger charge is -2.31. The monoisotopic (exact) mass is 343 g/mol. The molecular formula is C15H25N3O2S2. The van der Waals surface area contributed by atoms with Crippen LogP contribution >= 0.6 is 11.3 Å². The number of fused-ring (bicyclic) bond motifs is 1. The van der Waals surface area contributed by atoms with Gasteiger partial charge in [-0.05, 0) is 58.0 Å². The Morgan fingerprint density at radius 1 is 1.27 bits per heavy atom. The molecule has 1 aliphatic carbocycles. The summed E-state index contributed by atoms with van der Waals surface area (Å²) in [6.07, 6.45) is 7.94. The first kappa shape index (κ1) is 16.4. The predicted octanol–water partition coefficient (Wildman–Crippen LogP) is 1.88. The molecule has 1 saturated heterocycles. The number of primary sulfonamides is 1. The summed E-state index contributed by atoms with van der Waals surface area (Å²) in [4.78, 5) is 8.79. The average Bonchev–Trinajstić information content (AvgIpc) is 2.90. The van der Waals surface area contributed by atoms with Gasteiger partial charge in [-0.3, -0.25) is 0 Å². The van der Waals surface area contributed by atoms with Gasteiger partial charge in [-0.1, -0.05) is 0 Å². The number of piperidine rings is 1. The fourth-order valence-corrected chi connectivity index (χ4v) is 5.31. The van der Waals surface area contributed by atoms with Gasteiger partial charge in [-0.15, -0.1) is 11.3 Å². The van der Waals surface area contributed by atoms with Crippen molar-refractivity contribution in [1.29, 1.82) is 0 Å². The molecule has 7 heteroatoms. The van der Waals surface area contributed by atoms with E-state index in [9.17, 15) is 8.42 Å². The number of aromatic nitrogens is 1. The predicted molar refractivity (Wildman–Crippen MR) is 89.8 cm³/mol. The Labute approximate surface area is 137 Å². The molecule has 5 nitrogen and oxygen atoms in total. The number of hydrogen-bond acceptors (Lipinski definition) is 5. The van der Waals surface area contributed by atoms with Crippen LogP contribution in [-0.4, -0.2) is 43.7 Å². The summed E-state index contributed by atoms with van der Waals surface area (Å²) in [6, 6.07) is 0. The SMILES string of the molecule is NS(=O)(=O)CCCN1CCC[C@@H](c2nc3c(s2)CCCC3)C1. The molecule has 0 bridgehead atoms. The van der Waals surface area contributed by atoms with Crippen LogP contribution in [0.1, 0.15) is 53.6 Å². The van der Waals surface area contributed by atoms with Crippen LogP contribution in [0.3, 0.4) is 0 Å². The molecule has 1 aromatic rings.